The fourth-order valence-electron chi connectivity index (χ4n) is 3.87. The molecule has 0 spiro atoms. The maximum absolute atomic E-state index is 12.3. The van der Waals surface area contributed by atoms with E-state index in [0.29, 0.717) is 6.42 Å². The van der Waals surface area contributed by atoms with Gasteiger partial charge in [-0.2, -0.15) is 0 Å². The van der Waals surface area contributed by atoms with Crippen LogP contribution < -0.4 is 0 Å². The van der Waals surface area contributed by atoms with Crippen LogP contribution in [-0.2, 0) is 23.9 Å². The molecule has 112 valence electrons. The number of rotatable bonds is 3. The van der Waals surface area contributed by atoms with Gasteiger partial charge in [-0.3, -0.25) is 14.4 Å². The summed E-state index contributed by atoms with van der Waals surface area (Å²) in [6.07, 6.45) is 1.50. The average Bonchev–Trinajstić information content (AvgIpc) is 2.48. The molecule has 2 saturated heterocycles. The molecule has 2 bridgehead atoms. The Balaban J connectivity index is 2.45. The zero-order valence-corrected chi connectivity index (χ0v) is 12.3. The van der Waals surface area contributed by atoms with Gasteiger partial charge in [-0.15, -0.1) is 0 Å². The van der Waals surface area contributed by atoms with Crippen molar-refractivity contribution >= 4 is 17.8 Å². The van der Waals surface area contributed by atoms with E-state index >= 15 is 0 Å². The number of piperidine rings is 2. The summed E-state index contributed by atoms with van der Waals surface area (Å²) in [6, 6.07) is -0.283. The van der Waals surface area contributed by atoms with Gasteiger partial charge in [0, 0.05) is 13.1 Å². The van der Waals surface area contributed by atoms with Crippen LogP contribution >= 0.6 is 0 Å². The Labute approximate surface area is 118 Å². The number of esters is 2. The summed E-state index contributed by atoms with van der Waals surface area (Å²) in [5.74, 6) is -2.61. The van der Waals surface area contributed by atoms with Gasteiger partial charge in [0.15, 0.2) is 0 Å². The Kier molecular flexibility index (Phi) is 4.01. The molecular formula is C14H21NO5. The van der Waals surface area contributed by atoms with E-state index < -0.39 is 29.7 Å². The molecule has 3 aliphatic rings. The lowest BCUT2D eigenvalue weighted by Gasteiger charge is -2.53. The van der Waals surface area contributed by atoms with E-state index in [1.165, 1.54) is 14.2 Å². The Bertz CT molecular complexity index is 435. The van der Waals surface area contributed by atoms with Crippen LogP contribution in [-0.4, -0.2) is 50.1 Å². The normalized spacial score (nSPS) is 35.9. The zero-order valence-electron chi connectivity index (χ0n) is 12.3. The van der Waals surface area contributed by atoms with Crippen LogP contribution in [0.5, 0.6) is 0 Å². The second-order valence-corrected chi connectivity index (χ2v) is 5.55. The smallest absolute Gasteiger partial charge is 0.311 e. The third-order valence-electron chi connectivity index (χ3n) is 4.81. The Hall–Kier alpha value is -1.59. The number of amides is 1. The average molecular weight is 283 g/mol. The lowest BCUT2D eigenvalue weighted by molar-refractivity contribution is -0.185. The molecule has 5 unspecified atom stereocenters. The molecule has 0 aromatic rings. The van der Waals surface area contributed by atoms with Crippen LogP contribution in [0.2, 0.25) is 0 Å². The van der Waals surface area contributed by atoms with Crippen molar-refractivity contribution < 1.29 is 23.9 Å². The number of nitrogens with zero attached hydrogens (tertiary/aromatic N) is 1. The Morgan fingerprint density at radius 3 is 2.25 bits per heavy atom. The molecule has 2 aliphatic heterocycles. The first-order chi connectivity index (χ1) is 9.47. The fourth-order valence-corrected chi connectivity index (χ4v) is 3.87. The standard InChI is InChI=1S/C14H21NO5/c1-5-7-6-8-9(13(17)19-3)10(14(18)20-4)11(7)15(2)12(8)16/h7-11H,5-6H2,1-4H3. The highest BCUT2D eigenvalue weighted by atomic mass is 16.5. The number of carbonyl (C=O) groups is 3. The van der Waals surface area contributed by atoms with Crippen LogP contribution in [0.1, 0.15) is 19.8 Å². The first-order valence-corrected chi connectivity index (χ1v) is 6.90. The minimum atomic E-state index is -0.719. The van der Waals surface area contributed by atoms with Gasteiger partial charge in [-0.05, 0) is 12.3 Å². The van der Waals surface area contributed by atoms with E-state index in [9.17, 15) is 14.4 Å². The molecule has 6 heteroatoms. The van der Waals surface area contributed by atoms with Crippen molar-refractivity contribution in [3.63, 3.8) is 0 Å². The van der Waals surface area contributed by atoms with Crippen molar-refractivity contribution in [2.75, 3.05) is 21.3 Å². The molecule has 6 nitrogen and oxygen atoms in total. The highest BCUT2D eigenvalue weighted by Gasteiger charge is 2.60. The summed E-state index contributed by atoms with van der Waals surface area (Å²) in [7, 11) is 4.29. The third kappa shape index (κ3) is 1.98. The Morgan fingerprint density at radius 2 is 1.75 bits per heavy atom. The van der Waals surface area contributed by atoms with Crippen LogP contribution in [0.25, 0.3) is 0 Å². The van der Waals surface area contributed by atoms with E-state index in [0.717, 1.165) is 6.42 Å². The summed E-state index contributed by atoms with van der Waals surface area (Å²) in [6.45, 7) is 2.03. The van der Waals surface area contributed by atoms with Crippen LogP contribution in [0.15, 0.2) is 0 Å². The molecule has 0 aromatic heterocycles. The van der Waals surface area contributed by atoms with Gasteiger partial charge in [0.05, 0.1) is 32.0 Å². The molecule has 3 fully saturated rings. The first kappa shape index (κ1) is 14.8. The Morgan fingerprint density at radius 1 is 1.20 bits per heavy atom. The van der Waals surface area contributed by atoms with Crippen LogP contribution in [0, 0.1) is 23.7 Å². The van der Waals surface area contributed by atoms with Gasteiger partial charge >= 0.3 is 11.9 Å². The maximum Gasteiger partial charge on any atom is 0.311 e. The van der Waals surface area contributed by atoms with Gasteiger partial charge in [0.2, 0.25) is 5.91 Å². The van der Waals surface area contributed by atoms with Gasteiger partial charge in [-0.25, -0.2) is 0 Å². The highest BCUT2D eigenvalue weighted by Crippen LogP contribution is 2.48. The molecule has 0 N–H and O–H groups in total. The summed E-state index contributed by atoms with van der Waals surface area (Å²) < 4.78 is 9.66. The minimum Gasteiger partial charge on any atom is -0.469 e. The lowest BCUT2D eigenvalue weighted by Crippen LogP contribution is -2.66. The van der Waals surface area contributed by atoms with Crippen molar-refractivity contribution in [3.05, 3.63) is 0 Å². The monoisotopic (exact) mass is 283 g/mol. The van der Waals surface area contributed by atoms with Gasteiger partial charge in [-0.1, -0.05) is 13.3 Å². The molecule has 0 radical (unpaired) electrons. The number of carbonyl (C=O) groups excluding carboxylic acids is 3. The second-order valence-electron chi connectivity index (χ2n) is 5.55. The predicted octanol–water partition coefficient (Wildman–Crippen LogP) is 0.452. The first-order valence-electron chi connectivity index (χ1n) is 6.90. The number of hydrogen-bond acceptors (Lipinski definition) is 5. The largest absolute Gasteiger partial charge is 0.469 e. The number of ether oxygens (including phenoxy) is 2. The van der Waals surface area contributed by atoms with Crippen molar-refractivity contribution in [2.24, 2.45) is 23.7 Å². The van der Waals surface area contributed by atoms with Crippen LogP contribution in [0.3, 0.4) is 0 Å². The molecule has 5 atom stereocenters. The minimum absolute atomic E-state index is 0.0738. The van der Waals surface area contributed by atoms with Crippen molar-refractivity contribution in [2.45, 2.75) is 25.8 Å². The zero-order chi connectivity index (χ0) is 15.0. The molecule has 0 aromatic carbocycles. The summed E-state index contributed by atoms with van der Waals surface area (Å²) in [4.78, 5) is 38.1. The maximum atomic E-state index is 12.3. The topological polar surface area (TPSA) is 72.9 Å². The summed E-state index contributed by atoms with van der Waals surface area (Å²) >= 11 is 0. The number of fused-ring (bicyclic) bond motifs is 3. The van der Waals surface area contributed by atoms with Gasteiger partial charge < -0.3 is 14.4 Å². The van der Waals surface area contributed by atoms with Crippen LogP contribution in [0.4, 0.5) is 0 Å². The van der Waals surface area contributed by atoms with Crippen molar-refractivity contribution in [1.29, 1.82) is 0 Å². The molecule has 3 rings (SSSR count). The van der Waals surface area contributed by atoms with Gasteiger partial charge in [0.1, 0.15) is 0 Å². The highest BCUT2D eigenvalue weighted by molar-refractivity contribution is 5.93. The van der Waals surface area contributed by atoms with E-state index in [4.69, 9.17) is 9.47 Å². The second kappa shape index (κ2) is 5.42. The molecular weight excluding hydrogens is 262 g/mol. The van der Waals surface area contributed by atoms with Gasteiger partial charge in [0.25, 0.3) is 0 Å². The van der Waals surface area contributed by atoms with Crippen molar-refractivity contribution in [3.8, 4) is 0 Å². The molecule has 2 heterocycles. The van der Waals surface area contributed by atoms with Crippen molar-refractivity contribution in [1.82, 2.24) is 4.90 Å². The quantitative estimate of drug-likeness (QED) is 0.703. The third-order valence-corrected chi connectivity index (χ3v) is 4.81. The number of hydrogen-bond donors (Lipinski definition) is 0. The number of methoxy groups -OCH3 is 2. The van der Waals surface area contributed by atoms with E-state index in [1.54, 1.807) is 11.9 Å². The van der Waals surface area contributed by atoms with E-state index in [2.05, 4.69) is 0 Å². The van der Waals surface area contributed by atoms with E-state index in [-0.39, 0.29) is 17.9 Å². The lowest BCUT2D eigenvalue weighted by atomic mass is 9.60. The molecule has 1 amide bonds. The SMILES string of the molecule is CCC1CC2C(=O)N(C)C1C(C(=O)OC)C2C(=O)OC. The summed E-state index contributed by atoms with van der Waals surface area (Å²) in [5.41, 5.74) is 0. The molecule has 1 saturated carbocycles. The summed E-state index contributed by atoms with van der Waals surface area (Å²) in [5, 5.41) is 0. The predicted molar refractivity (Wildman–Crippen MR) is 69.5 cm³/mol. The van der Waals surface area contributed by atoms with E-state index in [1.807, 2.05) is 6.92 Å². The molecule has 20 heavy (non-hydrogen) atoms. The molecule has 1 aliphatic carbocycles. The fraction of sp³-hybridized carbons (Fsp3) is 0.786.